The largest absolute Gasteiger partial charge is 0.481 e. The van der Waals surface area contributed by atoms with Crippen molar-refractivity contribution in [1.29, 1.82) is 0 Å². The van der Waals surface area contributed by atoms with E-state index in [1.807, 2.05) is 6.92 Å². The first-order chi connectivity index (χ1) is 4.90. The minimum atomic E-state index is -0.808. The molecule has 0 heterocycles. The average Bonchev–Trinajstić information content (AvgIpc) is 1.86. The van der Waals surface area contributed by atoms with Crippen LogP contribution in [0.4, 0.5) is 0 Å². The monoisotopic (exact) mass is 160 g/mol. The van der Waals surface area contributed by atoms with E-state index in [2.05, 4.69) is 0 Å². The Morgan fingerprint density at radius 2 is 2.00 bits per heavy atom. The first kappa shape index (κ1) is 10.4. The van der Waals surface area contributed by atoms with Gasteiger partial charge >= 0.3 is 5.97 Å². The summed E-state index contributed by atoms with van der Waals surface area (Å²) in [6.45, 7) is 5.23. The van der Waals surface area contributed by atoms with Crippen LogP contribution in [-0.2, 0) is 4.79 Å². The molecule has 0 aromatic carbocycles. The molecule has 0 aliphatic heterocycles. The lowest BCUT2D eigenvalue weighted by Gasteiger charge is -2.21. The third-order valence-electron chi connectivity index (χ3n) is 1.75. The number of hydrogen-bond acceptors (Lipinski definition) is 2. The summed E-state index contributed by atoms with van der Waals surface area (Å²) in [6.07, 6.45) is 0.513. The van der Waals surface area contributed by atoms with E-state index in [0.717, 1.165) is 0 Å². The number of carbonyl (C=O) groups is 1. The molecule has 0 amide bonds. The molecule has 0 aromatic heterocycles. The fourth-order valence-electron chi connectivity index (χ4n) is 1.02. The van der Waals surface area contributed by atoms with Crippen molar-refractivity contribution < 1.29 is 15.0 Å². The molecule has 0 rings (SSSR count). The summed E-state index contributed by atoms with van der Waals surface area (Å²) >= 11 is 0. The SMILES string of the molecule is CC(CO)CC(C)(C)C(=O)O. The second-order valence-corrected chi connectivity index (χ2v) is 3.68. The van der Waals surface area contributed by atoms with Gasteiger partial charge < -0.3 is 10.2 Å². The van der Waals surface area contributed by atoms with Crippen LogP contribution >= 0.6 is 0 Å². The zero-order chi connectivity index (χ0) is 9.07. The van der Waals surface area contributed by atoms with Crippen molar-refractivity contribution in [2.45, 2.75) is 27.2 Å². The number of aliphatic hydroxyl groups is 1. The summed E-state index contributed by atoms with van der Waals surface area (Å²) in [5, 5.41) is 17.4. The Bertz CT molecular complexity index is 140. The highest BCUT2D eigenvalue weighted by molar-refractivity contribution is 5.73. The van der Waals surface area contributed by atoms with Crippen LogP contribution in [0.5, 0.6) is 0 Å². The number of carboxylic acid groups (broad SMARTS) is 1. The Kier molecular flexibility index (Phi) is 3.52. The van der Waals surface area contributed by atoms with Crippen molar-refractivity contribution in [2.75, 3.05) is 6.61 Å². The standard InChI is InChI=1S/C8H16O3/c1-6(5-9)4-8(2,3)7(10)11/h6,9H,4-5H2,1-3H3,(H,10,11). The quantitative estimate of drug-likeness (QED) is 0.647. The molecule has 66 valence electrons. The van der Waals surface area contributed by atoms with Gasteiger partial charge in [-0.2, -0.15) is 0 Å². The summed E-state index contributed by atoms with van der Waals surface area (Å²) in [4.78, 5) is 10.6. The van der Waals surface area contributed by atoms with E-state index in [-0.39, 0.29) is 12.5 Å². The van der Waals surface area contributed by atoms with Crippen LogP contribution in [0.25, 0.3) is 0 Å². The van der Waals surface area contributed by atoms with Crippen LogP contribution < -0.4 is 0 Å². The van der Waals surface area contributed by atoms with Gasteiger partial charge in [0.25, 0.3) is 0 Å². The third kappa shape index (κ3) is 3.37. The molecule has 0 radical (unpaired) electrons. The molecular formula is C8H16O3. The van der Waals surface area contributed by atoms with Crippen LogP contribution in [0.1, 0.15) is 27.2 Å². The highest BCUT2D eigenvalue weighted by Crippen LogP contribution is 2.24. The van der Waals surface area contributed by atoms with Gasteiger partial charge in [0, 0.05) is 6.61 Å². The number of aliphatic hydroxyl groups excluding tert-OH is 1. The minimum absolute atomic E-state index is 0.0523. The summed E-state index contributed by atoms with van der Waals surface area (Å²) in [5.74, 6) is -0.751. The highest BCUT2D eigenvalue weighted by Gasteiger charge is 2.28. The smallest absolute Gasteiger partial charge is 0.309 e. The normalized spacial score (nSPS) is 14.5. The van der Waals surface area contributed by atoms with Gasteiger partial charge in [-0.25, -0.2) is 0 Å². The van der Waals surface area contributed by atoms with E-state index in [0.29, 0.717) is 6.42 Å². The second-order valence-electron chi connectivity index (χ2n) is 3.68. The fourth-order valence-corrected chi connectivity index (χ4v) is 1.02. The van der Waals surface area contributed by atoms with Crippen molar-refractivity contribution in [3.8, 4) is 0 Å². The van der Waals surface area contributed by atoms with Gasteiger partial charge in [0.1, 0.15) is 0 Å². The molecule has 1 unspecified atom stereocenters. The predicted octanol–water partition coefficient (Wildman–Crippen LogP) is 1.12. The van der Waals surface area contributed by atoms with E-state index < -0.39 is 11.4 Å². The number of hydrogen-bond donors (Lipinski definition) is 2. The predicted molar refractivity (Wildman–Crippen MR) is 42.3 cm³/mol. The van der Waals surface area contributed by atoms with Crippen LogP contribution in [-0.4, -0.2) is 22.8 Å². The molecule has 0 saturated heterocycles. The van der Waals surface area contributed by atoms with Crippen molar-refractivity contribution in [3.63, 3.8) is 0 Å². The molecule has 3 heteroatoms. The molecular weight excluding hydrogens is 144 g/mol. The van der Waals surface area contributed by atoms with Gasteiger partial charge in [-0.15, -0.1) is 0 Å². The Labute approximate surface area is 67.0 Å². The highest BCUT2D eigenvalue weighted by atomic mass is 16.4. The maximum absolute atomic E-state index is 10.6. The lowest BCUT2D eigenvalue weighted by molar-refractivity contribution is -0.148. The van der Waals surface area contributed by atoms with Crippen LogP contribution in [0.2, 0.25) is 0 Å². The maximum atomic E-state index is 10.6. The summed E-state index contributed by atoms with van der Waals surface area (Å²) in [6, 6.07) is 0. The molecule has 0 spiro atoms. The lowest BCUT2D eigenvalue weighted by Crippen LogP contribution is -2.26. The van der Waals surface area contributed by atoms with E-state index >= 15 is 0 Å². The summed E-state index contributed by atoms with van der Waals surface area (Å²) in [5.41, 5.74) is -0.720. The molecule has 1 atom stereocenters. The Morgan fingerprint density at radius 3 is 2.27 bits per heavy atom. The van der Waals surface area contributed by atoms with Crippen molar-refractivity contribution in [2.24, 2.45) is 11.3 Å². The topological polar surface area (TPSA) is 57.5 Å². The zero-order valence-corrected chi connectivity index (χ0v) is 7.29. The Hall–Kier alpha value is -0.570. The first-order valence-electron chi connectivity index (χ1n) is 3.74. The van der Waals surface area contributed by atoms with E-state index in [1.54, 1.807) is 13.8 Å². The summed E-state index contributed by atoms with van der Waals surface area (Å²) in [7, 11) is 0. The minimum Gasteiger partial charge on any atom is -0.481 e. The van der Waals surface area contributed by atoms with Crippen LogP contribution in [0.3, 0.4) is 0 Å². The van der Waals surface area contributed by atoms with E-state index in [4.69, 9.17) is 10.2 Å². The molecule has 0 aliphatic rings. The van der Waals surface area contributed by atoms with Gasteiger partial charge in [-0.1, -0.05) is 6.92 Å². The van der Waals surface area contributed by atoms with E-state index in [9.17, 15) is 4.79 Å². The molecule has 3 nitrogen and oxygen atoms in total. The van der Waals surface area contributed by atoms with Gasteiger partial charge in [0.15, 0.2) is 0 Å². The van der Waals surface area contributed by atoms with Gasteiger partial charge in [0.05, 0.1) is 5.41 Å². The number of aliphatic carboxylic acids is 1. The second kappa shape index (κ2) is 3.72. The lowest BCUT2D eigenvalue weighted by atomic mass is 9.84. The molecule has 0 bridgehead atoms. The Balaban J connectivity index is 4.01. The first-order valence-corrected chi connectivity index (χ1v) is 3.74. The third-order valence-corrected chi connectivity index (χ3v) is 1.75. The van der Waals surface area contributed by atoms with Gasteiger partial charge in [0.2, 0.25) is 0 Å². The van der Waals surface area contributed by atoms with E-state index in [1.165, 1.54) is 0 Å². The van der Waals surface area contributed by atoms with Crippen molar-refractivity contribution >= 4 is 5.97 Å². The van der Waals surface area contributed by atoms with Crippen LogP contribution in [0, 0.1) is 11.3 Å². The molecule has 0 aliphatic carbocycles. The molecule has 0 saturated carbocycles. The fraction of sp³-hybridized carbons (Fsp3) is 0.875. The molecule has 11 heavy (non-hydrogen) atoms. The van der Waals surface area contributed by atoms with Crippen molar-refractivity contribution in [3.05, 3.63) is 0 Å². The number of rotatable bonds is 4. The maximum Gasteiger partial charge on any atom is 0.309 e. The van der Waals surface area contributed by atoms with Gasteiger partial charge in [-0.3, -0.25) is 4.79 Å². The van der Waals surface area contributed by atoms with Gasteiger partial charge in [-0.05, 0) is 26.2 Å². The molecule has 0 aromatic rings. The molecule has 0 fully saturated rings. The Morgan fingerprint density at radius 1 is 1.55 bits per heavy atom. The number of carboxylic acids is 1. The molecule has 2 N–H and O–H groups in total. The summed E-state index contributed by atoms with van der Waals surface area (Å²) < 4.78 is 0. The zero-order valence-electron chi connectivity index (χ0n) is 7.29. The van der Waals surface area contributed by atoms with Crippen LogP contribution in [0.15, 0.2) is 0 Å². The average molecular weight is 160 g/mol. The van der Waals surface area contributed by atoms with Crippen molar-refractivity contribution in [1.82, 2.24) is 0 Å².